The lowest BCUT2D eigenvalue weighted by Gasteiger charge is -2.35. The number of benzene rings is 1. The zero-order valence-corrected chi connectivity index (χ0v) is 16.1. The number of nitrogens with zero attached hydrogens (tertiary/aromatic N) is 4. The Balaban J connectivity index is 1.56. The van der Waals surface area contributed by atoms with E-state index in [0.717, 1.165) is 13.1 Å². The van der Waals surface area contributed by atoms with E-state index in [1.165, 1.54) is 5.56 Å². The monoisotopic (exact) mass is 356 g/mol. The van der Waals surface area contributed by atoms with E-state index in [2.05, 4.69) is 41.1 Å². The van der Waals surface area contributed by atoms with Crippen LogP contribution >= 0.6 is 0 Å². The third kappa shape index (κ3) is 4.06. The fraction of sp³-hybridized carbons (Fsp3) is 0.550. The van der Waals surface area contributed by atoms with Gasteiger partial charge in [-0.25, -0.2) is 0 Å². The summed E-state index contributed by atoms with van der Waals surface area (Å²) in [5.41, 5.74) is 1.02. The lowest BCUT2D eigenvalue weighted by Crippen LogP contribution is -2.49. The topological polar surface area (TPSA) is 62.5 Å². The van der Waals surface area contributed by atoms with Gasteiger partial charge < -0.3 is 14.2 Å². The second-order valence-electron chi connectivity index (χ2n) is 7.87. The zero-order valence-electron chi connectivity index (χ0n) is 16.1. The predicted octanol–water partition coefficient (Wildman–Crippen LogP) is 3.21. The molecule has 1 fully saturated rings. The molecule has 1 aromatic carbocycles. The highest BCUT2D eigenvalue weighted by Crippen LogP contribution is 2.28. The van der Waals surface area contributed by atoms with Gasteiger partial charge in [-0.05, 0) is 11.0 Å². The van der Waals surface area contributed by atoms with Gasteiger partial charge in [0.15, 0.2) is 0 Å². The molecule has 0 atom stereocenters. The van der Waals surface area contributed by atoms with Gasteiger partial charge in [0.1, 0.15) is 0 Å². The van der Waals surface area contributed by atoms with E-state index >= 15 is 0 Å². The molecular weight excluding hydrogens is 328 g/mol. The molecule has 6 heteroatoms. The van der Waals surface area contributed by atoms with E-state index < -0.39 is 0 Å². The molecule has 1 saturated heterocycles. The number of amides is 1. The van der Waals surface area contributed by atoms with Gasteiger partial charge >= 0.3 is 6.01 Å². The minimum absolute atomic E-state index is 0.172. The zero-order chi connectivity index (χ0) is 18.7. The van der Waals surface area contributed by atoms with E-state index in [1.54, 1.807) is 0 Å². The van der Waals surface area contributed by atoms with Crippen molar-refractivity contribution >= 4 is 11.9 Å². The van der Waals surface area contributed by atoms with E-state index in [0.29, 0.717) is 31.4 Å². The number of carbonyl (C=O) groups is 1. The van der Waals surface area contributed by atoms with Crippen LogP contribution in [-0.4, -0.2) is 47.2 Å². The summed E-state index contributed by atoms with van der Waals surface area (Å²) in [5.74, 6) is 1.08. The molecule has 6 nitrogen and oxygen atoms in total. The number of hydrogen-bond donors (Lipinski definition) is 0. The highest BCUT2D eigenvalue weighted by atomic mass is 16.4. The third-order valence-electron chi connectivity index (χ3n) is 4.98. The molecule has 2 aromatic rings. The van der Waals surface area contributed by atoms with Crippen molar-refractivity contribution in [1.82, 2.24) is 15.1 Å². The number of anilines is 1. The predicted molar refractivity (Wildman–Crippen MR) is 101 cm³/mol. The summed E-state index contributed by atoms with van der Waals surface area (Å²) in [7, 11) is 0. The maximum atomic E-state index is 12.8. The van der Waals surface area contributed by atoms with Crippen LogP contribution in [0.2, 0.25) is 0 Å². The van der Waals surface area contributed by atoms with Crippen molar-refractivity contribution in [1.29, 1.82) is 0 Å². The van der Waals surface area contributed by atoms with E-state index in [4.69, 9.17) is 4.42 Å². The van der Waals surface area contributed by atoms with Crippen molar-refractivity contribution in [2.75, 3.05) is 31.1 Å². The van der Waals surface area contributed by atoms with Crippen molar-refractivity contribution < 1.29 is 9.21 Å². The number of rotatable bonds is 5. The SMILES string of the molecule is CC(C)c1nnc(N2CCN(C(=O)CC(C)(C)c3ccccc3)CC2)o1. The Bertz CT molecular complexity index is 731. The van der Waals surface area contributed by atoms with Crippen LogP contribution in [0.4, 0.5) is 6.01 Å². The molecule has 140 valence electrons. The van der Waals surface area contributed by atoms with Gasteiger partial charge in [0, 0.05) is 38.5 Å². The molecule has 0 aliphatic carbocycles. The molecular formula is C20H28N4O2. The van der Waals surface area contributed by atoms with Gasteiger partial charge in [-0.3, -0.25) is 4.79 Å². The van der Waals surface area contributed by atoms with E-state index in [9.17, 15) is 4.79 Å². The maximum absolute atomic E-state index is 12.8. The van der Waals surface area contributed by atoms with Crippen LogP contribution in [-0.2, 0) is 10.2 Å². The highest BCUT2D eigenvalue weighted by molar-refractivity contribution is 5.78. The molecule has 0 unspecified atom stereocenters. The number of piperazine rings is 1. The van der Waals surface area contributed by atoms with Crippen LogP contribution in [0.25, 0.3) is 0 Å². The van der Waals surface area contributed by atoms with Crippen LogP contribution in [0, 0.1) is 0 Å². The van der Waals surface area contributed by atoms with Gasteiger partial charge in [-0.1, -0.05) is 63.1 Å². The Morgan fingerprint density at radius 2 is 1.77 bits per heavy atom. The Labute approximate surface area is 155 Å². The summed E-state index contributed by atoms with van der Waals surface area (Å²) in [5, 5.41) is 8.22. The van der Waals surface area contributed by atoms with Crippen LogP contribution in [0.3, 0.4) is 0 Å². The number of aromatic nitrogens is 2. The minimum atomic E-state index is -0.172. The van der Waals surface area contributed by atoms with E-state index in [-0.39, 0.29) is 17.2 Å². The fourth-order valence-electron chi connectivity index (χ4n) is 3.22. The summed E-state index contributed by atoms with van der Waals surface area (Å²) in [6.45, 7) is 11.1. The summed E-state index contributed by atoms with van der Waals surface area (Å²) in [4.78, 5) is 16.8. The number of carbonyl (C=O) groups excluding carboxylic acids is 1. The first-order chi connectivity index (χ1) is 12.4. The molecule has 0 saturated carbocycles. The van der Waals surface area contributed by atoms with Crippen LogP contribution in [0.5, 0.6) is 0 Å². The molecule has 0 spiro atoms. The van der Waals surface area contributed by atoms with Gasteiger partial charge in [0.2, 0.25) is 11.8 Å². The largest absolute Gasteiger partial charge is 0.408 e. The standard InChI is InChI=1S/C20H28N4O2/c1-15(2)18-21-22-19(26-18)24-12-10-23(11-13-24)17(25)14-20(3,4)16-8-6-5-7-9-16/h5-9,15H,10-14H2,1-4H3. The van der Waals surface area contributed by atoms with Gasteiger partial charge in [0.05, 0.1) is 0 Å². The van der Waals surface area contributed by atoms with Crippen molar-refractivity contribution in [3.63, 3.8) is 0 Å². The summed E-state index contributed by atoms with van der Waals surface area (Å²) < 4.78 is 5.72. The average Bonchev–Trinajstić information content (AvgIpc) is 3.13. The molecule has 2 heterocycles. The molecule has 0 radical (unpaired) electrons. The smallest absolute Gasteiger partial charge is 0.318 e. The molecule has 1 aliphatic rings. The maximum Gasteiger partial charge on any atom is 0.318 e. The second kappa shape index (κ2) is 7.48. The van der Waals surface area contributed by atoms with Gasteiger partial charge in [-0.15, -0.1) is 5.10 Å². The van der Waals surface area contributed by atoms with Gasteiger partial charge in [-0.2, -0.15) is 0 Å². The molecule has 0 N–H and O–H groups in total. The van der Waals surface area contributed by atoms with Crippen molar-refractivity contribution in [3.05, 3.63) is 41.8 Å². The Kier molecular flexibility index (Phi) is 5.30. The number of hydrogen-bond acceptors (Lipinski definition) is 5. The van der Waals surface area contributed by atoms with Crippen LogP contribution < -0.4 is 4.90 Å². The summed E-state index contributed by atoms with van der Waals surface area (Å²) in [6.07, 6.45) is 0.509. The first-order valence-corrected chi connectivity index (χ1v) is 9.28. The van der Waals surface area contributed by atoms with Crippen molar-refractivity contribution in [2.45, 2.75) is 45.4 Å². The quantitative estimate of drug-likeness (QED) is 0.823. The van der Waals surface area contributed by atoms with Gasteiger partial charge in [0.25, 0.3) is 0 Å². The lowest BCUT2D eigenvalue weighted by molar-refractivity contribution is -0.132. The lowest BCUT2D eigenvalue weighted by atomic mass is 9.81. The molecule has 0 bridgehead atoms. The van der Waals surface area contributed by atoms with Crippen molar-refractivity contribution in [2.24, 2.45) is 0 Å². The van der Waals surface area contributed by atoms with E-state index in [1.807, 2.05) is 36.9 Å². The Morgan fingerprint density at radius 3 is 2.35 bits per heavy atom. The Hall–Kier alpha value is -2.37. The highest BCUT2D eigenvalue weighted by Gasteiger charge is 2.29. The molecule has 26 heavy (non-hydrogen) atoms. The summed E-state index contributed by atoms with van der Waals surface area (Å²) >= 11 is 0. The minimum Gasteiger partial charge on any atom is -0.408 e. The van der Waals surface area contributed by atoms with Crippen molar-refractivity contribution in [3.8, 4) is 0 Å². The first-order valence-electron chi connectivity index (χ1n) is 9.28. The van der Waals surface area contributed by atoms with Crippen LogP contribution in [0.15, 0.2) is 34.7 Å². The molecule has 3 rings (SSSR count). The normalized spacial score (nSPS) is 15.6. The molecule has 1 aromatic heterocycles. The second-order valence-corrected chi connectivity index (χ2v) is 7.87. The molecule has 1 amide bonds. The fourth-order valence-corrected chi connectivity index (χ4v) is 3.22. The summed E-state index contributed by atoms with van der Waals surface area (Å²) in [6, 6.07) is 10.8. The van der Waals surface area contributed by atoms with Crippen LogP contribution in [0.1, 0.15) is 51.5 Å². The average molecular weight is 356 g/mol. The first kappa shape index (κ1) is 18.4. The Morgan fingerprint density at radius 1 is 1.12 bits per heavy atom. The third-order valence-corrected chi connectivity index (χ3v) is 4.98. The molecule has 1 aliphatic heterocycles.